The summed E-state index contributed by atoms with van der Waals surface area (Å²) >= 11 is 0. The standard InChI is InChI=1S/C42H75N3O4/c1-4-6-8-10-15-21-28-39(29-22-16-11-9-7-5-2)49-42(47)30-23-17-14-19-25-33-45(32-24-18-12-13-20-26-35-46)34-27-31-44-41-37-48-38(3)40(41)36-43/h35,39,44H,3-34,37H2,1-2H3. The normalized spacial score (nSPS) is 12.9. The van der Waals surface area contributed by atoms with Crippen LogP contribution in [0.2, 0.25) is 0 Å². The SMILES string of the molecule is C=C1OCC(NCCCN(CCCCCCCC=O)CCCCCCCC(=O)OC(CCCCCCCC)CCCCCCCC)=C1C#N. The number of unbranched alkanes of at least 4 members (excludes halogenated alkanes) is 19. The molecule has 0 unspecified atom stereocenters. The van der Waals surface area contributed by atoms with Crippen molar-refractivity contribution in [3.05, 3.63) is 23.6 Å². The number of nitrogens with one attached hydrogen (secondary N) is 1. The highest BCUT2D eigenvalue weighted by Gasteiger charge is 2.19. The van der Waals surface area contributed by atoms with Gasteiger partial charge in [0.15, 0.2) is 0 Å². The molecule has 0 aromatic rings. The number of ether oxygens (including phenoxy) is 2. The van der Waals surface area contributed by atoms with Crippen molar-refractivity contribution in [1.29, 1.82) is 5.26 Å². The Kier molecular flexibility index (Phi) is 30.0. The van der Waals surface area contributed by atoms with Gasteiger partial charge in [0, 0.05) is 19.4 Å². The first-order valence-electron chi connectivity index (χ1n) is 20.6. The molecule has 0 saturated carbocycles. The average molecular weight is 686 g/mol. The van der Waals surface area contributed by atoms with Crippen molar-refractivity contribution in [2.24, 2.45) is 0 Å². The molecule has 0 atom stereocenters. The molecule has 7 nitrogen and oxygen atoms in total. The number of carbonyl (C=O) groups excluding carboxylic acids is 2. The molecule has 0 saturated heterocycles. The van der Waals surface area contributed by atoms with E-state index >= 15 is 0 Å². The monoisotopic (exact) mass is 686 g/mol. The van der Waals surface area contributed by atoms with E-state index in [1.807, 2.05) is 0 Å². The smallest absolute Gasteiger partial charge is 0.306 e. The average Bonchev–Trinajstić information content (AvgIpc) is 3.46. The van der Waals surface area contributed by atoms with Gasteiger partial charge in [0.05, 0.1) is 5.70 Å². The number of hydrogen-bond donors (Lipinski definition) is 1. The summed E-state index contributed by atoms with van der Waals surface area (Å²) in [6.07, 6.45) is 32.1. The topological polar surface area (TPSA) is 91.7 Å². The first-order chi connectivity index (χ1) is 24.0. The summed E-state index contributed by atoms with van der Waals surface area (Å²) in [7, 11) is 0. The number of allylic oxidation sites excluding steroid dienone is 1. The number of carbonyl (C=O) groups is 2. The molecule has 0 fully saturated rings. The minimum absolute atomic E-state index is 0.0130. The highest BCUT2D eigenvalue weighted by molar-refractivity contribution is 5.69. The third-order valence-electron chi connectivity index (χ3n) is 9.78. The van der Waals surface area contributed by atoms with Gasteiger partial charge in [-0.05, 0) is 77.4 Å². The van der Waals surface area contributed by atoms with Gasteiger partial charge in [-0.15, -0.1) is 0 Å². The first kappa shape index (κ1) is 44.7. The van der Waals surface area contributed by atoms with Crippen LogP contribution in [0.15, 0.2) is 23.6 Å². The number of rotatable bonds is 36. The zero-order valence-corrected chi connectivity index (χ0v) is 32.0. The minimum atomic E-state index is 0.0130. The summed E-state index contributed by atoms with van der Waals surface area (Å²) in [4.78, 5) is 25.9. The van der Waals surface area contributed by atoms with Crippen molar-refractivity contribution in [2.45, 2.75) is 193 Å². The summed E-state index contributed by atoms with van der Waals surface area (Å²) in [5, 5.41) is 12.7. The Hall–Kier alpha value is -2.33. The fraction of sp³-hybridized carbons (Fsp3) is 0.833. The van der Waals surface area contributed by atoms with E-state index in [-0.39, 0.29) is 12.1 Å². The number of hydrogen-bond acceptors (Lipinski definition) is 7. The van der Waals surface area contributed by atoms with Crippen LogP contribution in [0.4, 0.5) is 0 Å². The van der Waals surface area contributed by atoms with Crippen molar-refractivity contribution in [1.82, 2.24) is 10.2 Å². The predicted octanol–water partition coefficient (Wildman–Crippen LogP) is 10.9. The van der Waals surface area contributed by atoms with Crippen LogP contribution in [-0.2, 0) is 19.1 Å². The van der Waals surface area contributed by atoms with Gasteiger partial charge < -0.3 is 24.5 Å². The molecule has 0 amide bonds. The van der Waals surface area contributed by atoms with E-state index in [1.54, 1.807) is 0 Å². The van der Waals surface area contributed by atoms with Crippen molar-refractivity contribution >= 4 is 12.3 Å². The molecule has 1 aliphatic rings. The maximum absolute atomic E-state index is 12.8. The van der Waals surface area contributed by atoms with Crippen LogP contribution in [0.3, 0.4) is 0 Å². The Bertz CT molecular complexity index is 896. The molecule has 0 aromatic heterocycles. The second kappa shape index (κ2) is 32.9. The molecular weight excluding hydrogens is 610 g/mol. The van der Waals surface area contributed by atoms with Crippen LogP contribution in [0.1, 0.15) is 187 Å². The van der Waals surface area contributed by atoms with Crippen molar-refractivity contribution in [3.8, 4) is 6.07 Å². The molecule has 0 radical (unpaired) electrons. The maximum atomic E-state index is 12.8. The van der Waals surface area contributed by atoms with Gasteiger partial charge in [-0.1, -0.05) is 123 Å². The molecule has 0 spiro atoms. The van der Waals surface area contributed by atoms with E-state index in [2.05, 4.69) is 36.7 Å². The molecule has 7 heteroatoms. The quantitative estimate of drug-likeness (QED) is 0.0399. The second-order valence-electron chi connectivity index (χ2n) is 14.3. The van der Waals surface area contributed by atoms with E-state index in [0.29, 0.717) is 30.8 Å². The van der Waals surface area contributed by atoms with Crippen LogP contribution < -0.4 is 5.32 Å². The predicted molar refractivity (Wildman–Crippen MR) is 204 cm³/mol. The van der Waals surface area contributed by atoms with E-state index in [4.69, 9.17) is 9.47 Å². The lowest BCUT2D eigenvalue weighted by atomic mass is 10.0. The van der Waals surface area contributed by atoms with Crippen LogP contribution in [-0.4, -0.2) is 56.0 Å². The Morgan fingerprint density at radius 3 is 1.88 bits per heavy atom. The van der Waals surface area contributed by atoms with E-state index in [0.717, 1.165) is 89.5 Å². The molecule has 282 valence electrons. The van der Waals surface area contributed by atoms with Gasteiger partial charge in [-0.3, -0.25) is 4.79 Å². The largest absolute Gasteiger partial charge is 0.487 e. The summed E-state index contributed by atoms with van der Waals surface area (Å²) in [6.45, 7) is 12.8. The lowest BCUT2D eigenvalue weighted by Crippen LogP contribution is -2.30. The molecule has 49 heavy (non-hydrogen) atoms. The van der Waals surface area contributed by atoms with Crippen molar-refractivity contribution in [3.63, 3.8) is 0 Å². The van der Waals surface area contributed by atoms with Crippen LogP contribution in [0, 0.1) is 11.3 Å². The van der Waals surface area contributed by atoms with E-state index in [1.165, 1.54) is 109 Å². The molecule has 1 aliphatic heterocycles. The molecular formula is C42H75N3O4. The van der Waals surface area contributed by atoms with Crippen LogP contribution in [0.25, 0.3) is 0 Å². The number of aldehydes is 1. The van der Waals surface area contributed by atoms with Gasteiger partial charge in [0.1, 0.15) is 36.4 Å². The first-order valence-corrected chi connectivity index (χ1v) is 20.6. The second-order valence-corrected chi connectivity index (χ2v) is 14.3. The number of nitrogens with zero attached hydrogens (tertiary/aromatic N) is 2. The van der Waals surface area contributed by atoms with E-state index < -0.39 is 0 Å². The number of nitriles is 1. The lowest BCUT2D eigenvalue weighted by molar-refractivity contribution is -0.150. The van der Waals surface area contributed by atoms with Crippen molar-refractivity contribution < 1.29 is 19.1 Å². The van der Waals surface area contributed by atoms with Gasteiger partial charge in [0.2, 0.25) is 0 Å². The molecule has 0 bridgehead atoms. The van der Waals surface area contributed by atoms with E-state index in [9.17, 15) is 14.9 Å². The summed E-state index contributed by atoms with van der Waals surface area (Å²) in [6, 6.07) is 2.19. The molecule has 0 aliphatic carbocycles. The maximum Gasteiger partial charge on any atom is 0.306 e. The van der Waals surface area contributed by atoms with Crippen molar-refractivity contribution in [2.75, 3.05) is 32.8 Å². The Morgan fingerprint density at radius 1 is 0.796 bits per heavy atom. The highest BCUT2D eigenvalue weighted by Crippen LogP contribution is 2.21. The Morgan fingerprint density at radius 2 is 1.31 bits per heavy atom. The Balaban J connectivity index is 2.34. The highest BCUT2D eigenvalue weighted by atomic mass is 16.5. The molecule has 1 heterocycles. The molecule has 1 N–H and O–H groups in total. The fourth-order valence-electron chi connectivity index (χ4n) is 6.66. The third kappa shape index (κ3) is 25.3. The number of esters is 1. The van der Waals surface area contributed by atoms with Crippen LogP contribution in [0.5, 0.6) is 0 Å². The lowest BCUT2D eigenvalue weighted by Gasteiger charge is -2.22. The summed E-state index contributed by atoms with van der Waals surface area (Å²) in [5.74, 6) is 0.479. The van der Waals surface area contributed by atoms with Gasteiger partial charge in [-0.25, -0.2) is 0 Å². The molecule has 0 aromatic carbocycles. The zero-order chi connectivity index (χ0) is 35.6. The summed E-state index contributed by atoms with van der Waals surface area (Å²) < 4.78 is 11.5. The summed E-state index contributed by atoms with van der Waals surface area (Å²) in [5.41, 5.74) is 1.39. The van der Waals surface area contributed by atoms with Gasteiger partial charge in [0.25, 0.3) is 0 Å². The molecule has 1 rings (SSSR count). The van der Waals surface area contributed by atoms with Crippen LogP contribution >= 0.6 is 0 Å². The zero-order valence-electron chi connectivity index (χ0n) is 32.0. The van der Waals surface area contributed by atoms with Gasteiger partial charge >= 0.3 is 5.97 Å². The van der Waals surface area contributed by atoms with Gasteiger partial charge in [-0.2, -0.15) is 5.26 Å². The minimum Gasteiger partial charge on any atom is -0.487 e. The Labute approximate surface area is 302 Å². The fourth-order valence-corrected chi connectivity index (χ4v) is 6.66. The third-order valence-corrected chi connectivity index (χ3v) is 9.78.